The fourth-order valence-electron chi connectivity index (χ4n) is 3.03. The van der Waals surface area contributed by atoms with Crippen LogP contribution in [-0.4, -0.2) is 11.8 Å². The Morgan fingerprint density at radius 1 is 1.06 bits per heavy atom. The normalized spacial score (nSPS) is 30.9. The summed E-state index contributed by atoms with van der Waals surface area (Å²) in [5.74, 6) is 0.728. The first-order valence-corrected chi connectivity index (χ1v) is 7.92. The third-order valence-corrected chi connectivity index (χ3v) is 8.20. The molecule has 16 heavy (non-hydrogen) atoms. The maximum atomic E-state index is 2.45. The maximum Gasteiger partial charge on any atom is -0.00631 e. The van der Waals surface area contributed by atoms with Crippen LogP contribution in [0.3, 0.4) is 0 Å². The van der Waals surface area contributed by atoms with Crippen molar-refractivity contribution in [1.82, 2.24) is 0 Å². The lowest BCUT2D eigenvalue weighted by Crippen LogP contribution is -2.48. The lowest BCUT2D eigenvalue weighted by molar-refractivity contribution is 0.281. The van der Waals surface area contributed by atoms with Crippen LogP contribution >= 0.6 is 7.92 Å². The van der Waals surface area contributed by atoms with E-state index in [4.69, 9.17) is 0 Å². The van der Waals surface area contributed by atoms with Crippen LogP contribution in [0.4, 0.5) is 0 Å². The van der Waals surface area contributed by atoms with Gasteiger partial charge in [0.05, 0.1) is 0 Å². The van der Waals surface area contributed by atoms with E-state index < -0.39 is 0 Å². The van der Waals surface area contributed by atoms with Gasteiger partial charge in [0.15, 0.2) is 0 Å². The first-order chi connectivity index (χ1) is 7.29. The van der Waals surface area contributed by atoms with Gasteiger partial charge in [0, 0.05) is 0 Å². The second kappa shape index (κ2) is 3.57. The van der Waals surface area contributed by atoms with Crippen LogP contribution in [0.2, 0.25) is 0 Å². The lowest BCUT2D eigenvalue weighted by atomic mass is 9.69. The highest BCUT2D eigenvalue weighted by Crippen LogP contribution is 2.59. The number of hydrogen-bond donors (Lipinski definition) is 0. The predicted molar refractivity (Wildman–Crippen MR) is 75.2 cm³/mol. The average Bonchev–Trinajstić information content (AvgIpc) is 2.25. The van der Waals surface area contributed by atoms with Gasteiger partial charge in [0.1, 0.15) is 0 Å². The summed E-state index contributed by atoms with van der Waals surface area (Å²) in [5.41, 5.74) is 1.88. The molecular weight excluding hydrogens is 211 g/mol. The zero-order chi connectivity index (χ0) is 12.1. The minimum absolute atomic E-state index is 0.0485. The number of benzene rings is 1. The van der Waals surface area contributed by atoms with E-state index in [9.17, 15) is 0 Å². The quantitative estimate of drug-likeness (QED) is 0.592. The maximum absolute atomic E-state index is 2.45. The Kier molecular flexibility index (Phi) is 2.70. The molecular formula is C15H23P. The lowest BCUT2D eigenvalue weighted by Gasteiger charge is -2.52. The molecule has 0 N–H and O–H groups in total. The van der Waals surface area contributed by atoms with Gasteiger partial charge in [-0.2, -0.15) is 0 Å². The van der Waals surface area contributed by atoms with E-state index in [1.165, 1.54) is 0 Å². The average molecular weight is 234 g/mol. The Morgan fingerprint density at radius 3 is 2.25 bits per heavy atom. The Morgan fingerprint density at radius 2 is 1.62 bits per heavy atom. The van der Waals surface area contributed by atoms with Crippen LogP contribution in [0, 0.1) is 5.92 Å². The number of fused-ring (bicyclic) bond motifs is 1. The van der Waals surface area contributed by atoms with Gasteiger partial charge in [-0.25, -0.2) is 0 Å². The molecule has 2 unspecified atom stereocenters. The van der Waals surface area contributed by atoms with E-state index in [2.05, 4.69) is 65.5 Å². The highest BCUT2D eigenvalue weighted by atomic mass is 31.1. The van der Waals surface area contributed by atoms with E-state index in [0.717, 1.165) is 5.92 Å². The molecule has 0 amide bonds. The summed E-state index contributed by atoms with van der Waals surface area (Å²) in [6.07, 6.45) is 0. The van der Waals surface area contributed by atoms with Crippen LogP contribution in [0.1, 0.15) is 40.2 Å². The minimum atomic E-state index is -0.0485. The smallest absolute Gasteiger partial charge is 0.00631 e. The van der Waals surface area contributed by atoms with E-state index in [0.29, 0.717) is 10.6 Å². The van der Waals surface area contributed by atoms with E-state index >= 15 is 0 Å². The molecule has 0 aromatic heterocycles. The molecule has 0 saturated carbocycles. The second-order valence-electron chi connectivity index (χ2n) is 6.17. The molecule has 0 nitrogen and oxygen atoms in total. The molecule has 0 bridgehead atoms. The Bertz CT molecular complexity index is 404. The van der Waals surface area contributed by atoms with Crippen molar-refractivity contribution >= 4 is 13.2 Å². The van der Waals surface area contributed by atoms with Crippen molar-refractivity contribution in [2.24, 2.45) is 5.92 Å². The SMILES string of the molecule is CC1C(C)(C)c2ccccc2P(C)C1(C)C. The summed E-state index contributed by atoms with van der Waals surface area (Å²) in [4.78, 5) is 0. The predicted octanol–water partition coefficient (Wildman–Crippen LogP) is 4.13. The molecule has 2 rings (SSSR count). The fourth-order valence-corrected chi connectivity index (χ4v) is 5.59. The van der Waals surface area contributed by atoms with Gasteiger partial charge in [-0.1, -0.05) is 66.8 Å². The topological polar surface area (TPSA) is 0 Å². The van der Waals surface area contributed by atoms with Gasteiger partial charge < -0.3 is 0 Å². The Hall–Kier alpha value is -0.350. The standard InChI is InChI=1S/C15H23P/c1-11-14(2,3)12-9-7-8-10-13(12)16(6)15(11,4)5/h7-11H,1-6H3. The molecule has 0 aliphatic carbocycles. The highest BCUT2D eigenvalue weighted by molar-refractivity contribution is 7.66. The molecule has 88 valence electrons. The van der Waals surface area contributed by atoms with Gasteiger partial charge in [-0.15, -0.1) is 0 Å². The van der Waals surface area contributed by atoms with Gasteiger partial charge in [0.25, 0.3) is 0 Å². The van der Waals surface area contributed by atoms with Crippen molar-refractivity contribution in [3.63, 3.8) is 0 Å². The van der Waals surface area contributed by atoms with Crippen LogP contribution < -0.4 is 5.30 Å². The summed E-state index contributed by atoms with van der Waals surface area (Å²) >= 11 is 0. The summed E-state index contributed by atoms with van der Waals surface area (Å²) in [7, 11) is -0.0485. The van der Waals surface area contributed by atoms with Gasteiger partial charge in [-0.05, 0) is 34.0 Å². The molecule has 1 aliphatic heterocycles. The minimum Gasteiger partial charge on any atom is -0.0721 e. The summed E-state index contributed by atoms with van der Waals surface area (Å²) < 4.78 is 0. The summed E-state index contributed by atoms with van der Waals surface area (Å²) in [6.45, 7) is 14.6. The van der Waals surface area contributed by atoms with Crippen molar-refractivity contribution in [3.8, 4) is 0 Å². The number of hydrogen-bond acceptors (Lipinski definition) is 0. The third-order valence-electron chi connectivity index (χ3n) is 4.97. The zero-order valence-electron chi connectivity index (χ0n) is 11.3. The Balaban J connectivity index is 2.67. The zero-order valence-corrected chi connectivity index (χ0v) is 12.2. The molecule has 0 saturated heterocycles. The molecule has 1 aromatic rings. The van der Waals surface area contributed by atoms with Crippen LogP contribution in [-0.2, 0) is 5.41 Å². The molecule has 0 radical (unpaired) electrons. The van der Waals surface area contributed by atoms with E-state index in [1.54, 1.807) is 10.9 Å². The molecule has 1 aliphatic rings. The van der Waals surface area contributed by atoms with Crippen LogP contribution in [0.15, 0.2) is 24.3 Å². The van der Waals surface area contributed by atoms with Crippen molar-refractivity contribution in [3.05, 3.63) is 29.8 Å². The summed E-state index contributed by atoms with van der Waals surface area (Å²) in [5, 5.41) is 2.05. The molecule has 1 heterocycles. The second-order valence-corrected chi connectivity index (χ2v) is 8.93. The first-order valence-electron chi connectivity index (χ1n) is 6.13. The molecule has 2 atom stereocenters. The van der Waals surface area contributed by atoms with Crippen molar-refractivity contribution in [2.75, 3.05) is 6.66 Å². The molecule has 0 fully saturated rings. The van der Waals surface area contributed by atoms with E-state index in [-0.39, 0.29) is 7.92 Å². The van der Waals surface area contributed by atoms with Crippen molar-refractivity contribution in [1.29, 1.82) is 0 Å². The van der Waals surface area contributed by atoms with Gasteiger partial charge in [-0.3, -0.25) is 0 Å². The Labute approximate surface area is 101 Å². The third kappa shape index (κ3) is 1.46. The summed E-state index contributed by atoms with van der Waals surface area (Å²) in [6, 6.07) is 9.06. The largest absolute Gasteiger partial charge is 0.0721 e. The number of rotatable bonds is 0. The fraction of sp³-hybridized carbons (Fsp3) is 0.600. The molecule has 0 spiro atoms. The van der Waals surface area contributed by atoms with Crippen molar-refractivity contribution in [2.45, 2.75) is 45.2 Å². The first kappa shape index (κ1) is 12.1. The molecule has 1 heteroatoms. The monoisotopic (exact) mass is 234 g/mol. The van der Waals surface area contributed by atoms with Gasteiger partial charge >= 0.3 is 0 Å². The molecule has 1 aromatic carbocycles. The van der Waals surface area contributed by atoms with Crippen LogP contribution in [0.5, 0.6) is 0 Å². The van der Waals surface area contributed by atoms with Crippen LogP contribution in [0.25, 0.3) is 0 Å². The highest BCUT2D eigenvalue weighted by Gasteiger charge is 2.47. The van der Waals surface area contributed by atoms with E-state index in [1.807, 2.05) is 0 Å². The van der Waals surface area contributed by atoms with Crippen molar-refractivity contribution < 1.29 is 0 Å². The van der Waals surface area contributed by atoms with Gasteiger partial charge in [0.2, 0.25) is 0 Å².